The monoisotopic (exact) mass is 399 g/mol. The Morgan fingerprint density at radius 1 is 1.35 bits per heavy atom. The second-order valence-electron chi connectivity index (χ2n) is 7.03. The van der Waals surface area contributed by atoms with Crippen molar-refractivity contribution >= 4 is 35.2 Å². The molecule has 0 bridgehead atoms. The first kappa shape index (κ1) is 21.1. The molecule has 0 heterocycles. The summed E-state index contributed by atoms with van der Waals surface area (Å²) >= 11 is 7.50. The molecule has 2 atom stereocenters. The van der Waals surface area contributed by atoms with Gasteiger partial charge in [0.1, 0.15) is 5.54 Å². The minimum Gasteiger partial charge on any atom is -0.479 e. The van der Waals surface area contributed by atoms with Crippen LogP contribution in [0.4, 0.5) is 0 Å². The van der Waals surface area contributed by atoms with Gasteiger partial charge in [0, 0.05) is 34.8 Å². The van der Waals surface area contributed by atoms with Crippen LogP contribution in [-0.2, 0) is 14.3 Å². The van der Waals surface area contributed by atoms with Gasteiger partial charge in [-0.3, -0.25) is 4.79 Å². The van der Waals surface area contributed by atoms with Gasteiger partial charge in [-0.2, -0.15) is 0 Å². The number of carbonyl (C=O) groups is 2. The minimum atomic E-state index is -1.26. The Balaban J connectivity index is 1.83. The largest absolute Gasteiger partial charge is 0.479 e. The normalized spacial score (nSPS) is 23.9. The highest BCUT2D eigenvalue weighted by molar-refractivity contribution is 7.99. The number of carboxylic acids is 1. The Morgan fingerprint density at radius 3 is 2.54 bits per heavy atom. The highest BCUT2D eigenvalue weighted by Crippen LogP contribution is 2.51. The molecule has 0 aromatic heterocycles. The first-order valence-corrected chi connectivity index (χ1v) is 10.1. The summed E-state index contributed by atoms with van der Waals surface area (Å²) in [6.45, 7) is 6.08. The van der Waals surface area contributed by atoms with Crippen LogP contribution in [0.5, 0.6) is 0 Å². The van der Waals surface area contributed by atoms with E-state index in [1.54, 1.807) is 11.8 Å². The van der Waals surface area contributed by atoms with Crippen molar-refractivity contribution in [1.82, 2.24) is 5.32 Å². The number of carbonyl (C=O) groups excluding carboxylic acids is 1. The highest BCUT2D eigenvalue weighted by atomic mass is 35.5. The van der Waals surface area contributed by atoms with Crippen molar-refractivity contribution < 1.29 is 19.4 Å². The van der Waals surface area contributed by atoms with E-state index in [2.05, 4.69) is 5.32 Å². The molecule has 0 spiro atoms. The van der Waals surface area contributed by atoms with Gasteiger partial charge >= 0.3 is 5.97 Å². The minimum absolute atomic E-state index is 0.163. The van der Waals surface area contributed by atoms with Crippen LogP contribution in [0.3, 0.4) is 0 Å². The molecule has 2 N–H and O–H groups in total. The van der Waals surface area contributed by atoms with E-state index >= 15 is 0 Å². The number of hydrogen-bond donors (Lipinski definition) is 2. The van der Waals surface area contributed by atoms with E-state index in [0.29, 0.717) is 30.9 Å². The van der Waals surface area contributed by atoms with Crippen LogP contribution in [0.15, 0.2) is 29.2 Å². The topological polar surface area (TPSA) is 75.6 Å². The van der Waals surface area contributed by atoms with Crippen LogP contribution in [-0.4, -0.2) is 41.0 Å². The molecule has 1 aliphatic carbocycles. The average molecular weight is 400 g/mol. The molecule has 0 saturated heterocycles. The average Bonchev–Trinajstić information content (AvgIpc) is 2.58. The number of rotatable bonds is 9. The summed E-state index contributed by atoms with van der Waals surface area (Å²) in [5, 5.41) is 13.2. The highest BCUT2D eigenvalue weighted by Gasteiger charge is 2.66. The summed E-state index contributed by atoms with van der Waals surface area (Å²) in [5.41, 5.74) is -1.91. The van der Waals surface area contributed by atoms with Crippen LogP contribution in [0, 0.1) is 5.41 Å². The molecular formula is C19H26ClNO4S. The fourth-order valence-corrected chi connectivity index (χ4v) is 4.27. The van der Waals surface area contributed by atoms with Crippen LogP contribution in [0.25, 0.3) is 0 Å². The number of hydrogen-bond acceptors (Lipinski definition) is 4. The van der Waals surface area contributed by atoms with E-state index < -0.39 is 16.9 Å². The summed E-state index contributed by atoms with van der Waals surface area (Å²) in [6.07, 6.45) is 1.10. The van der Waals surface area contributed by atoms with Crippen LogP contribution in [0.2, 0.25) is 5.02 Å². The number of carboxylic acid groups (broad SMARTS) is 1. The second-order valence-corrected chi connectivity index (χ2v) is 8.64. The van der Waals surface area contributed by atoms with E-state index in [1.165, 1.54) is 0 Å². The molecule has 1 fully saturated rings. The second kappa shape index (κ2) is 8.63. The van der Waals surface area contributed by atoms with Gasteiger partial charge in [0.25, 0.3) is 0 Å². The number of amides is 1. The number of nitrogens with one attached hydrogen (secondary N) is 1. The third kappa shape index (κ3) is 4.35. The summed E-state index contributed by atoms with van der Waals surface area (Å²) in [4.78, 5) is 25.3. The molecular weight excluding hydrogens is 374 g/mol. The Morgan fingerprint density at radius 2 is 2.00 bits per heavy atom. The van der Waals surface area contributed by atoms with Gasteiger partial charge in [-0.05, 0) is 43.4 Å². The molecule has 0 aliphatic heterocycles. The van der Waals surface area contributed by atoms with Gasteiger partial charge < -0.3 is 15.2 Å². The fourth-order valence-electron chi connectivity index (χ4n) is 3.29. The van der Waals surface area contributed by atoms with Gasteiger partial charge in [0.05, 0.1) is 6.10 Å². The molecule has 1 amide bonds. The standard InChI is InChI=1S/C19H26ClNO4S/c1-4-25-15-12-19(17(23)24,18(15,2)3)21-16(22)6-5-11-26-14-9-7-13(20)8-10-14/h7-10,15H,4-6,11-12H2,1-3H3,(H,21,22)(H,23,24). The van der Waals surface area contributed by atoms with Gasteiger partial charge in [0.15, 0.2) is 0 Å². The SMILES string of the molecule is CCOC1CC(NC(=O)CCCSc2ccc(Cl)cc2)(C(=O)O)C1(C)C. The van der Waals surface area contributed by atoms with Gasteiger partial charge in [0.2, 0.25) is 5.91 Å². The molecule has 1 aliphatic rings. The molecule has 26 heavy (non-hydrogen) atoms. The van der Waals surface area contributed by atoms with E-state index in [4.69, 9.17) is 16.3 Å². The zero-order valence-corrected chi connectivity index (χ0v) is 17.0. The summed E-state index contributed by atoms with van der Waals surface area (Å²) < 4.78 is 5.61. The van der Waals surface area contributed by atoms with Crippen molar-refractivity contribution in [3.05, 3.63) is 29.3 Å². The Labute approximate surface area is 163 Å². The van der Waals surface area contributed by atoms with E-state index in [1.807, 2.05) is 45.0 Å². The van der Waals surface area contributed by atoms with Crippen LogP contribution < -0.4 is 5.32 Å². The molecule has 7 heteroatoms. The lowest BCUT2D eigenvalue weighted by Crippen LogP contribution is -2.76. The lowest BCUT2D eigenvalue weighted by Gasteiger charge is -2.58. The number of thioether (sulfide) groups is 1. The zero-order valence-electron chi connectivity index (χ0n) is 15.4. The van der Waals surface area contributed by atoms with Crippen molar-refractivity contribution in [1.29, 1.82) is 0 Å². The first-order valence-electron chi connectivity index (χ1n) is 8.77. The van der Waals surface area contributed by atoms with Gasteiger partial charge in [-0.1, -0.05) is 25.4 Å². The van der Waals surface area contributed by atoms with Crippen molar-refractivity contribution in [2.75, 3.05) is 12.4 Å². The summed E-state index contributed by atoms with van der Waals surface area (Å²) in [6, 6.07) is 7.55. The number of ether oxygens (including phenoxy) is 1. The lowest BCUT2D eigenvalue weighted by molar-refractivity contribution is -0.194. The van der Waals surface area contributed by atoms with E-state index in [9.17, 15) is 14.7 Å². The third-order valence-corrected chi connectivity index (χ3v) is 6.46. The molecule has 1 aromatic rings. The van der Waals surface area contributed by atoms with Crippen molar-refractivity contribution in [2.45, 2.75) is 56.6 Å². The van der Waals surface area contributed by atoms with Gasteiger partial charge in [-0.15, -0.1) is 11.8 Å². The molecule has 2 rings (SSSR count). The molecule has 1 saturated carbocycles. The third-order valence-electron chi connectivity index (χ3n) is 5.11. The van der Waals surface area contributed by atoms with Crippen LogP contribution in [0.1, 0.15) is 40.0 Å². The first-order chi connectivity index (χ1) is 12.2. The zero-order chi connectivity index (χ0) is 19.4. The smallest absolute Gasteiger partial charge is 0.330 e. The maximum atomic E-state index is 12.3. The van der Waals surface area contributed by atoms with Crippen LogP contribution >= 0.6 is 23.4 Å². The molecule has 144 valence electrons. The predicted molar refractivity (Wildman–Crippen MR) is 104 cm³/mol. The summed E-state index contributed by atoms with van der Waals surface area (Å²) in [5.74, 6) is -0.449. The quantitative estimate of drug-likeness (QED) is 0.485. The van der Waals surface area contributed by atoms with Crippen molar-refractivity contribution in [3.63, 3.8) is 0 Å². The number of aliphatic carboxylic acids is 1. The predicted octanol–water partition coefficient (Wildman–Crippen LogP) is 3.99. The van der Waals surface area contributed by atoms with E-state index in [-0.39, 0.29) is 12.0 Å². The van der Waals surface area contributed by atoms with Crippen molar-refractivity contribution in [2.24, 2.45) is 5.41 Å². The Hall–Kier alpha value is -1.24. The maximum Gasteiger partial charge on any atom is 0.330 e. The molecule has 2 unspecified atom stereocenters. The fraction of sp³-hybridized carbons (Fsp3) is 0.579. The molecule has 1 aromatic carbocycles. The Bertz CT molecular complexity index is 649. The number of halogens is 1. The number of benzene rings is 1. The van der Waals surface area contributed by atoms with Crippen molar-refractivity contribution in [3.8, 4) is 0 Å². The maximum absolute atomic E-state index is 12.3. The van der Waals surface area contributed by atoms with E-state index in [0.717, 1.165) is 10.6 Å². The Kier molecular flexibility index (Phi) is 6.99. The lowest BCUT2D eigenvalue weighted by atomic mass is 9.54. The molecule has 5 nitrogen and oxygen atoms in total. The van der Waals surface area contributed by atoms with Gasteiger partial charge in [-0.25, -0.2) is 4.79 Å². The summed E-state index contributed by atoms with van der Waals surface area (Å²) in [7, 11) is 0. The molecule has 0 radical (unpaired) electrons.